The minimum Gasteiger partial charge on any atom is -0.460 e. The van der Waals surface area contributed by atoms with Crippen LogP contribution >= 0.6 is 0 Å². The third kappa shape index (κ3) is 5.30. The Hall–Kier alpha value is -3.70. The Morgan fingerprint density at radius 2 is 1.95 bits per heavy atom. The number of hydrogen-bond donors (Lipinski definition) is 2. The molecule has 0 spiro atoms. The van der Waals surface area contributed by atoms with Crippen molar-refractivity contribution in [2.45, 2.75) is 71.2 Å². The molecule has 0 saturated heterocycles. The molecule has 3 N–H and O–H groups in total. The van der Waals surface area contributed by atoms with Crippen LogP contribution in [0.2, 0.25) is 0 Å². The summed E-state index contributed by atoms with van der Waals surface area (Å²) in [6, 6.07) is 7.40. The van der Waals surface area contributed by atoms with Crippen LogP contribution in [0.4, 0.5) is 8.78 Å². The van der Waals surface area contributed by atoms with Crippen LogP contribution in [0.15, 0.2) is 36.4 Å². The summed E-state index contributed by atoms with van der Waals surface area (Å²) < 4.78 is 34.5. The lowest BCUT2D eigenvalue weighted by molar-refractivity contribution is -0.147. The molecule has 4 rings (SSSR count). The molecule has 3 atom stereocenters. The van der Waals surface area contributed by atoms with E-state index in [0.29, 0.717) is 40.6 Å². The number of rotatable bonds is 8. The van der Waals surface area contributed by atoms with Gasteiger partial charge in [0.1, 0.15) is 24.3 Å². The van der Waals surface area contributed by atoms with E-state index in [-0.39, 0.29) is 18.6 Å². The predicted octanol–water partition coefficient (Wildman–Crippen LogP) is 5.14. The van der Waals surface area contributed by atoms with Crippen molar-refractivity contribution in [1.29, 1.82) is 0 Å². The number of carbonyl (C=O) groups excluding carboxylic acids is 2. The van der Waals surface area contributed by atoms with Crippen LogP contribution in [0, 0.1) is 29.9 Å². The SMILES string of the molecule is C#CC(=O)N1C(c2ccc(F)cc2)c2[nH]c3c(F)cc(COC(=O)[C@@H](N)C(C)C)cc3c2C[C@@H]1CCCC. The topological polar surface area (TPSA) is 88.4 Å². The van der Waals surface area contributed by atoms with Gasteiger partial charge in [-0.15, -0.1) is 6.42 Å². The standard InChI is InChI=1S/C30H33F2N3O3/c1-5-7-8-21-15-23-22-13-18(16-38-30(37)26(33)17(3)4)14-24(32)27(22)34-28(23)29(35(21)25(36)6-2)19-9-11-20(31)12-10-19/h2,9-14,17,21,26,29,34H,5,7-8,15-16,33H2,1,3-4H3/t21-,26-,29?/m0/s1. The number of aromatic nitrogens is 1. The highest BCUT2D eigenvalue weighted by Gasteiger charge is 2.40. The number of H-pyrrole nitrogens is 1. The van der Waals surface area contributed by atoms with Gasteiger partial charge >= 0.3 is 5.97 Å². The fourth-order valence-electron chi connectivity index (χ4n) is 5.14. The Bertz CT molecular complexity index is 1370. The maximum atomic E-state index is 15.4. The molecule has 1 aromatic heterocycles. The van der Waals surface area contributed by atoms with Gasteiger partial charge < -0.3 is 20.4 Å². The largest absolute Gasteiger partial charge is 0.460 e. The number of unbranched alkanes of at least 4 members (excludes halogenated alkanes) is 1. The average molecular weight is 522 g/mol. The molecule has 6 nitrogen and oxygen atoms in total. The molecule has 3 aromatic rings. The number of esters is 1. The molecule has 0 fully saturated rings. The number of nitrogens with one attached hydrogen (secondary N) is 1. The number of aromatic amines is 1. The quantitative estimate of drug-likeness (QED) is 0.317. The van der Waals surface area contributed by atoms with E-state index in [9.17, 15) is 14.0 Å². The molecule has 2 heterocycles. The van der Waals surface area contributed by atoms with Gasteiger partial charge in [-0.3, -0.25) is 9.59 Å². The zero-order valence-corrected chi connectivity index (χ0v) is 21.9. The summed E-state index contributed by atoms with van der Waals surface area (Å²) in [6.45, 7) is 5.60. The molecule has 0 aliphatic carbocycles. The summed E-state index contributed by atoms with van der Waals surface area (Å²) >= 11 is 0. The molecule has 0 saturated carbocycles. The number of terminal acetylenes is 1. The number of nitrogens with zero attached hydrogens (tertiary/aromatic N) is 1. The van der Waals surface area contributed by atoms with Crippen LogP contribution in [0.3, 0.4) is 0 Å². The molecule has 0 bridgehead atoms. The highest BCUT2D eigenvalue weighted by atomic mass is 19.1. The fourth-order valence-corrected chi connectivity index (χ4v) is 5.14. The lowest BCUT2D eigenvalue weighted by Gasteiger charge is -2.41. The van der Waals surface area contributed by atoms with Gasteiger partial charge in [-0.2, -0.15) is 0 Å². The molecule has 1 amide bonds. The molecule has 38 heavy (non-hydrogen) atoms. The lowest BCUT2D eigenvalue weighted by Crippen LogP contribution is -2.47. The highest BCUT2D eigenvalue weighted by Crippen LogP contribution is 2.42. The summed E-state index contributed by atoms with van der Waals surface area (Å²) in [7, 11) is 0. The van der Waals surface area contributed by atoms with Crippen LogP contribution in [0.1, 0.15) is 68.5 Å². The minimum atomic E-state index is -0.765. The third-order valence-corrected chi connectivity index (χ3v) is 7.25. The van der Waals surface area contributed by atoms with Crippen molar-refractivity contribution in [3.05, 3.63) is 70.4 Å². The second-order valence-corrected chi connectivity index (χ2v) is 10.2. The lowest BCUT2D eigenvalue weighted by atomic mass is 9.86. The smallest absolute Gasteiger partial charge is 0.323 e. The van der Waals surface area contributed by atoms with E-state index >= 15 is 4.39 Å². The first-order chi connectivity index (χ1) is 18.2. The number of halogens is 2. The zero-order valence-electron chi connectivity index (χ0n) is 21.9. The van der Waals surface area contributed by atoms with Crippen molar-refractivity contribution in [3.63, 3.8) is 0 Å². The summed E-state index contributed by atoms with van der Waals surface area (Å²) in [5, 5.41) is 0.653. The van der Waals surface area contributed by atoms with E-state index in [1.165, 1.54) is 18.2 Å². The average Bonchev–Trinajstić information content (AvgIpc) is 3.28. The van der Waals surface area contributed by atoms with Crippen LogP contribution in [0.5, 0.6) is 0 Å². The fraction of sp³-hybridized carbons (Fsp3) is 0.400. The summed E-state index contributed by atoms with van der Waals surface area (Å²) in [6.07, 6.45) is 8.56. The number of hydrogen-bond acceptors (Lipinski definition) is 4. The molecule has 1 aliphatic rings. The predicted molar refractivity (Wildman–Crippen MR) is 142 cm³/mol. The van der Waals surface area contributed by atoms with Gasteiger partial charge in [0, 0.05) is 17.1 Å². The molecular formula is C30H33F2N3O3. The Morgan fingerprint density at radius 3 is 2.58 bits per heavy atom. The second kappa shape index (κ2) is 11.4. The van der Waals surface area contributed by atoms with Crippen LogP contribution in [0.25, 0.3) is 10.9 Å². The second-order valence-electron chi connectivity index (χ2n) is 10.2. The molecular weight excluding hydrogens is 488 g/mol. The number of fused-ring (bicyclic) bond motifs is 3. The van der Waals surface area contributed by atoms with E-state index in [1.807, 2.05) is 13.8 Å². The number of carbonyl (C=O) groups is 2. The van der Waals surface area contributed by atoms with E-state index < -0.39 is 35.6 Å². The Labute approximate surface area is 221 Å². The van der Waals surface area contributed by atoms with Gasteiger partial charge in [0.05, 0.1) is 11.6 Å². The number of nitrogens with two attached hydrogens (primary N) is 1. The van der Waals surface area contributed by atoms with Crippen LogP contribution in [-0.2, 0) is 27.4 Å². The Morgan fingerprint density at radius 1 is 1.24 bits per heavy atom. The van der Waals surface area contributed by atoms with Gasteiger partial charge in [0.2, 0.25) is 0 Å². The van der Waals surface area contributed by atoms with Gasteiger partial charge in [-0.25, -0.2) is 8.78 Å². The first-order valence-electron chi connectivity index (χ1n) is 13.0. The Balaban J connectivity index is 1.82. The van der Waals surface area contributed by atoms with Crippen molar-refractivity contribution in [2.75, 3.05) is 0 Å². The molecule has 0 radical (unpaired) electrons. The molecule has 1 unspecified atom stereocenters. The van der Waals surface area contributed by atoms with Crippen molar-refractivity contribution >= 4 is 22.8 Å². The Kier molecular flexibility index (Phi) is 8.17. The van der Waals surface area contributed by atoms with E-state index in [0.717, 1.165) is 18.4 Å². The van der Waals surface area contributed by atoms with E-state index in [4.69, 9.17) is 16.9 Å². The third-order valence-electron chi connectivity index (χ3n) is 7.25. The van der Waals surface area contributed by atoms with Crippen molar-refractivity contribution in [3.8, 4) is 12.3 Å². The van der Waals surface area contributed by atoms with Crippen molar-refractivity contribution in [2.24, 2.45) is 11.7 Å². The minimum absolute atomic E-state index is 0.0875. The van der Waals surface area contributed by atoms with E-state index in [2.05, 4.69) is 17.8 Å². The van der Waals surface area contributed by atoms with Gasteiger partial charge in [-0.1, -0.05) is 45.7 Å². The van der Waals surface area contributed by atoms with Crippen LogP contribution in [-0.4, -0.2) is 33.8 Å². The number of ether oxygens (including phenoxy) is 1. The van der Waals surface area contributed by atoms with Crippen molar-refractivity contribution in [1.82, 2.24) is 9.88 Å². The molecule has 1 aliphatic heterocycles. The zero-order chi connectivity index (χ0) is 27.6. The van der Waals surface area contributed by atoms with Gasteiger partial charge in [-0.05, 0) is 65.6 Å². The van der Waals surface area contributed by atoms with Crippen LogP contribution < -0.4 is 5.73 Å². The first kappa shape index (κ1) is 27.3. The molecule has 8 heteroatoms. The summed E-state index contributed by atoms with van der Waals surface area (Å²) in [4.78, 5) is 30.2. The number of amides is 1. The highest BCUT2D eigenvalue weighted by molar-refractivity contribution is 5.95. The van der Waals surface area contributed by atoms with Gasteiger partial charge in [0.25, 0.3) is 5.91 Å². The molecule has 2 aromatic carbocycles. The van der Waals surface area contributed by atoms with E-state index in [1.54, 1.807) is 23.1 Å². The summed E-state index contributed by atoms with van der Waals surface area (Å²) in [5.74, 6) is 0.235. The van der Waals surface area contributed by atoms with Gasteiger partial charge in [0.15, 0.2) is 0 Å². The summed E-state index contributed by atoms with van der Waals surface area (Å²) in [5.41, 5.74) is 8.83. The number of benzene rings is 2. The normalized spacial score (nSPS) is 17.8. The molecule has 200 valence electrons. The monoisotopic (exact) mass is 521 g/mol. The first-order valence-corrected chi connectivity index (χ1v) is 13.0. The maximum absolute atomic E-state index is 15.4. The van der Waals surface area contributed by atoms with Crippen molar-refractivity contribution < 1.29 is 23.1 Å². The maximum Gasteiger partial charge on any atom is 0.323 e.